The van der Waals surface area contributed by atoms with E-state index in [2.05, 4.69) is 25.4 Å². The van der Waals surface area contributed by atoms with Crippen LogP contribution in [0.15, 0.2) is 6.20 Å². The number of rotatable bonds is 6. The van der Waals surface area contributed by atoms with Crippen LogP contribution in [-0.4, -0.2) is 67.5 Å². The Morgan fingerprint density at radius 3 is 2.82 bits per heavy atom. The second-order valence-electron chi connectivity index (χ2n) is 5.51. The molecule has 2 aliphatic heterocycles. The average Bonchev–Trinajstić information content (AvgIpc) is 3.01. The van der Waals surface area contributed by atoms with Gasteiger partial charge in [-0.15, -0.1) is 5.10 Å². The fourth-order valence-electron chi connectivity index (χ4n) is 2.78. The number of hydrogen-bond donors (Lipinski definition) is 1. The van der Waals surface area contributed by atoms with E-state index in [-0.39, 0.29) is 5.79 Å². The Labute approximate surface area is 130 Å². The van der Waals surface area contributed by atoms with Gasteiger partial charge in [-0.3, -0.25) is 0 Å². The SMILES string of the molecule is COCCCNc1cnnc(N2CCC3(CC2)OCCO3)n1. The van der Waals surface area contributed by atoms with Crippen LogP contribution in [0.3, 0.4) is 0 Å². The lowest BCUT2D eigenvalue weighted by Crippen LogP contribution is -2.45. The molecule has 1 aromatic heterocycles. The lowest BCUT2D eigenvalue weighted by atomic mass is 10.0. The monoisotopic (exact) mass is 309 g/mol. The number of anilines is 2. The number of hydrogen-bond acceptors (Lipinski definition) is 8. The molecule has 0 unspecified atom stereocenters. The zero-order valence-electron chi connectivity index (χ0n) is 13.0. The molecule has 0 amide bonds. The maximum atomic E-state index is 5.74. The zero-order valence-corrected chi connectivity index (χ0v) is 13.0. The summed E-state index contributed by atoms with van der Waals surface area (Å²) >= 11 is 0. The van der Waals surface area contributed by atoms with Crippen LogP contribution in [0.4, 0.5) is 11.8 Å². The predicted octanol–water partition coefficient (Wildman–Crippen LogP) is 0.663. The molecule has 0 bridgehead atoms. The van der Waals surface area contributed by atoms with Gasteiger partial charge in [0, 0.05) is 46.2 Å². The number of methoxy groups -OCH3 is 1. The molecular weight excluding hydrogens is 286 g/mol. The van der Waals surface area contributed by atoms with Gasteiger partial charge in [0.15, 0.2) is 11.6 Å². The summed E-state index contributed by atoms with van der Waals surface area (Å²) in [5.41, 5.74) is 0. The van der Waals surface area contributed by atoms with Crippen molar-refractivity contribution in [2.45, 2.75) is 25.0 Å². The first-order chi connectivity index (χ1) is 10.8. The van der Waals surface area contributed by atoms with Gasteiger partial charge in [-0.1, -0.05) is 0 Å². The Kier molecular flexibility index (Phi) is 5.01. The van der Waals surface area contributed by atoms with E-state index in [0.717, 1.165) is 51.3 Å². The third-order valence-corrected chi connectivity index (χ3v) is 4.00. The van der Waals surface area contributed by atoms with Crippen LogP contribution in [0.2, 0.25) is 0 Å². The number of aromatic nitrogens is 3. The molecule has 2 fully saturated rings. The van der Waals surface area contributed by atoms with Crippen LogP contribution < -0.4 is 10.2 Å². The van der Waals surface area contributed by atoms with Gasteiger partial charge in [0.1, 0.15) is 0 Å². The molecule has 3 heterocycles. The fourth-order valence-corrected chi connectivity index (χ4v) is 2.78. The smallest absolute Gasteiger partial charge is 0.247 e. The molecule has 2 aliphatic rings. The van der Waals surface area contributed by atoms with Crippen molar-refractivity contribution in [3.8, 4) is 0 Å². The van der Waals surface area contributed by atoms with E-state index in [1.165, 1.54) is 0 Å². The molecule has 1 N–H and O–H groups in total. The lowest BCUT2D eigenvalue weighted by Gasteiger charge is -2.37. The summed E-state index contributed by atoms with van der Waals surface area (Å²) in [4.78, 5) is 6.66. The molecule has 8 nitrogen and oxygen atoms in total. The molecule has 1 spiro atoms. The van der Waals surface area contributed by atoms with Gasteiger partial charge in [0.25, 0.3) is 0 Å². The quantitative estimate of drug-likeness (QED) is 0.768. The minimum Gasteiger partial charge on any atom is -0.385 e. The first-order valence-electron chi connectivity index (χ1n) is 7.77. The molecule has 0 aromatic carbocycles. The van der Waals surface area contributed by atoms with E-state index in [1.807, 2.05) is 0 Å². The summed E-state index contributed by atoms with van der Waals surface area (Å²) < 4.78 is 16.5. The largest absolute Gasteiger partial charge is 0.385 e. The summed E-state index contributed by atoms with van der Waals surface area (Å²) in [5, 5.41) is 11.4. The van der Waals surface area contributed by atoms with Gasteiger partial charge in [-0.05, 0) is 6.42 Å². The molecule has 3 rings (SSSR count). The molecule has 0 atom stereocenters. The van der Waals surface area contributed by atoms with Crippen molar-refractivity contribution < 1.29 is 14.2 Å². The molecule has 1 aromatic rings. The van der Waals surface area contributed by atoms with Gasteiger partial charge in [-0.25, -0.2) is 0 Å². The van der Waals surface area contributed by atoms with Crippen molar-refractivity contribution in [3.63, 3.8) is 0 Å². The Bertz CT molecular complexity index is 471. The van der Waals surface area contributed by atoms with Crippen LogP contribution in [0.1, 0.15) is 19.3 Å². The summed E-state index contributed by atoms with van der Waals surface area (Å²) in [6.45, 7) is 4.55. The molecule has 8 heteroatoms. The molecule has 0 saturated carbocycles. The van der Waals surface area contributed by atoms with Gasteiger partial charge >= 0.3 is 0 Å². The number of nitrogens with zero attached hydrogens (tertiary/aromatic N) is 4. The fraction of sp³-hybridized carbons (Fsp3) is 0.786. The van der Waals surface area contributed by atoms with Crippen LogP contribution in [0, 0.1) is 0 Å². The van der Waals surface area contributed by atoms with Crippen LogP contribution in [0.5, 0.6) is 0 Å². The van der Waals surface area contributed by atoms with Gasteiger partial charge < -0.3 is 24.4 Å². The number of ether oxygens (including phenoxy) is 3. The lowest BCUT2D eigenvalue weighted by molar-refractivity contribution is -0.169. The highest BCUT2D eigenvalue weighted by atomic mass is 16.7. The van der Waals surface area contributed by atoms with Crippen molar-refractivity contribution in [2.24, 2.45) is 0 Å². The molecule has 0 aliphatic carbocycles. The van der Waals surface area contributed by atoms with Crippen LogP contribution in [-0.2, 0) is 14.2 Å². The highest BCUT2D eigenvalue weighted by Gasteiger charge is 2.40. The Morgan fingerprint density at radius 2 is 2.09 bits per heavy atom. The normalized spacial score (nSPS) is 20.5. The highest BCUT2D eigenvalue weighted by molar-refractivity contribution is 5.39. The zero-order chi connectivity index (χ0) is 15.3. The van der Waals surface area contributed by atoms with Gasteiger partial charge in [0.05, 0.1) is 19.4 Å². The van der Waals surface area contributed by atoms with Crippen LogP contribution in [0.25, 0.3) is 0 Å². The second kappa shape index (κ2) is 7.17. The summed E-state index contributed by atoms with van der Waals surface area (Å²) in [7, 11) is 1.70. The first-order valence-corrected chi connectivity index (χ1v) is 7.77. The minimum absolute atomic E-state index is 0.375. The first kappa shape index (κ1) is 15.4. The Balaban J connectivity index is 1.54. The molecule has 2 saturated heterocycles. The van der Waals surface area contributed by atoms with Crippen molar-refractivity contribution in [3.05, 3.63) is 6.20 Å². The van der Waals surface area contributed by atoms with E-state index in [0.29, 0.717) is 19.2 Å². The van der Waals surface area contributed by atoms with E-state index in [1.54, 1.807) is 13.3 Å². The van der Waals surface area contributed by atoms with Crippen molar-refractivity contribution in [1.29, 1.82) is 0 Å². The van der Waals surface area contributed by atoms with Crippen LogP contribution >= 0.6 is 0 Å². The maximum absolute atomic E-state index is 5.74. The van der Waals surface area contributed by atoms with Crippen molar-refractivity contribution in [2.75, 3.05) is 56.8 Å². The standard InChI is InChI=1S/C14H23N5O3/c1-20-8-2-5-15-12-11-16-18-13(17-12)19-6-3-14(4-7-19)21-9-10-22-14/h11H,2-10H2,1H3,(H,15,17,18). The van der Waals surface area contributed by atoms with E-state index < -0.39 is 0 Å². The Hall–Kier alpha value is -1.51. The maximum Gasteiger partial charge on any atom is 0.247 e. The van der Waals surface area contributed by atoms with Crippen molar-refractivity contribution in [1.82, 2.24) is 15.2 Å². The van der Waals surface area contributed by atoms with Gasteiger partial charge in [0.2, 0.25) is 5.95 Å². The Morgan fingerprint density at radius 1 is 1.32 bits per heavy atom. The topological polar surface area (TPSA) is 81.6 Å². The van der Waals surface area contributed by atoms with E-state index in [9.17, 15) is 0 Å². The van der Waals surface area contributed by atoms with E-state index >= 15 is 0 Å². The third kappa shape index (κ3) is 3.63. The summed E-state index contributed by atoms with van der Waals surface area (Å²) in [6.07, 6.45) is 4.24. The summed E-state index contributed by atoms with van der Waals surface area (Å²) in [6, 6.07) is 0. The van der Waals surface area contributed by atoms with E-state index in [4.69, 9.17) is 14.2 Å². The van der Waals surface area contributed by atoms with Gasteiger partial charge in [-0.2, -0.15) is 10.1 Å². The molecule has 122 valence electrons. The highest BCUT2D eigenvalue weighted by Crippen LogP contribution is 2.32. The minimum atomic E-state index is -0.375. The predicted molar refractivity (Wildman–Crippen MR) is 80.9 cm³/mol. The van der Waals surface area contributed by atoms with Crippen molar-refractivity contribution >= 4 is 11.8 Å². The molecule has 0 radical (unpaired) electrons. The average molecular weight is 309 g/mol. The number of piperidine rings is 1. The molecular formula is C14H23N5O3. The second-order valence-corrected chi connectivity index (χ2v) is 5.51. The third-order valence-electron chi connectivity index (χ3n) is 4.00. The number of nitrogens with one attached hydrogen (secondary N) is 1. The molecule has 22 heavy (non-hydrogen) atoms. The summed E-state index contributed by atoms with van der Waals surface area (Å²) in [5.74, 6) is 1.03.